The zero-order valence-corrected chi connectivity index (χ0v) is 26.7. The van der Waals surface area contributed by atoms with Crippen LogP contribution >= 0.6 is 0 Å². The van der Waals surface area contributed by atoms with Crippen molar-refractivity contribution in [3.8, 4) is 17.2 Å². The molecule has 1 aliphatic carbocycles. The van der Waals surface area contributed by atoms with E-state index in [2.05, 4.69) is 5.32 Å². The van der Waals surface area contributed by atoms with E-state index in [0.717, 1.165) is 45.5 Å². The highest BCUT2D eigenvalue weighted by molar-refractivity contribution is 7.90. The van der Waals surface area contributed by atoms with Gasteiger partial charge in [0, 0.05) is 17.9 Å². The smallest absolute Gasteiger partial charge is 0.420 e. The number of ether oxygens (including phenoxy) is 1. The molecule has 6 rings (SSSR count). The van der Waals surface area contributed by atoms with Gasteiger partial charge < -0.3 is 10.1 Å². The molecule has 1 atom stereocenters. The molecular formula is C35H25F6N3O5S. The predicted octanol–water partition coefficient (Wildman–Crippen LogP) is 7.42. The maximum atomic E-state index is 13.7. The first kappa shape index (κ1) is 34.5. The number of hydrogen-bond donors (Lipinski definition) is 1. The summed E-state index contributed by atoms with van der Waals surface area (Å²) < 4.78 is 112. The molecule has 4 aromatic carbocycles. The number of fused-ring (bicyclic) bond motifs is 4. The van der Waals surface area contributed by atoms with Crippen LogP contribution in [0.5, 0.6) is 0 Å². The van der Waals surface area contributed by atoms with E-state index in [1.807, 2.05) is 48.5 Å². The Morgan fingerprint density at radius 2 is 1.42 bits per heavy atom. The third-order valence-corrected chi connectivity index (χ3v) is 10.0. The number of carbonyl (C=O) groups is 2. The molecule has 2 amide bonds. The topological polar surface area (TPSA) is 117 Å². The van der Waals surface area contributed by atoms with E-state index in [0.29, 0.717) is 23.8 Å². The Morgan fingerprint density at radius 1 is 0.860 bits per heavy atom. The molecule has 4 aromatic rings. The molecule has 50 heavy (non-hydrogen) atoms. The predicted molar refractivity (Wildman–Crippen MR) is 167 cm³/mol. The lowest BCUT2D eigenvalue weighted by atomic mass is 9.80. The van der Waals surface area contributed by atoms with Crippen LogP contribution in [-0.2, 0) is 31.3 Å². The third-order valence-electron chi connectivity index (χ3n) is 8.91. The fourth-order valence-corrected chi connectivity index (χ4v) is 7.15. The van der Waals surface area contributed by atoms with Crippen molar-refractivity contribution in [2.75, 3.05) is 18.2 Å². The standard InChI is InChI=1S/C35H25F6N3O5S/c1-50(47,48)23-14-15-24-20(16-23)17-44(32(46)49-18-29-27-8-4-2-6-25(27)26-7-3-5-9-28(26)29)30(24)31(45)43-22-12-10-21(11-13-22)33(19-42,34(36,37)38)35(39,40)41/h2-16,29-30H,17-18H2,1H3,(H,43,45). The van der Waals surface area contributed by atoms with Crippen molar-refractivity contribution in [1.29, 1.82) is 5.26 Å². The summed E-state index contributed by atoms with van der Waals surface area (Å²) in [5, 5.41) is 11.5. The van der Waals surface area contributed by atoms with Gasteiger partial charge in [-0.3, -0.25) is 9.69 Å². The number of anilines is 1. The highest BCUT2D eigenvalue weighted by atomic mass is 32.2. The second kappa shape index (κ2) is 12.2. The Hall–Kier alpha value is -5.36. The number of sulfone groups is 1. The normalized spacial score (nSPS) is 15.9. The van der Waals surface area contributed by atoms with Gasteiger partial charge in [0.1, 0.15) is 12.6 Å². The van der Waals surface area contributed by atoms with Gasteiger partial charge in [-0.15, -0.1) is 0 Å². The maximum Gasteiger partial charge on any atom is 0.420 e. The molecule has 1 unspecified atom stereocenters. The highest BCUT2D eigenvalue weighted by Gasteiger charge is 2.72. The van der Waals surface area contributed by atoms with Crippen LogP contribution in [0.4, 0.5) is 36.8 Å². The van der Waals surface area contributed by atoms with E-state index in [-0.39, 0.29) is 35.2 Å². The number of nitriles is 1. The van der Waals surface area contributed by atoms with Crippen LogP contribution in [0.3, 0.4) is 0 Å². The number of nitrogens with one attached hydrogen (secondary N) is 1. The number of benzene rings is 4. The van der Waals surface area contributed by atoms with Gasteiger partial charge in [-0.05, 0) is 63.2 Å². The largest absolute Gasteiger partial charge is 0.448 e. The molecule has 258 valence electrons. The Balaban J connectivity index is 1.28. The van der Waals surface area contributed by atoms with E-state index in [1.165, 1.54) is 18.2 Å². The molecule has 0 saturated carbocycles. The first-order valence-electron chi connectivity index (χ1n) is 14.9. The molecular weight excluding hydrogens is 688 g/mol. The van der Waals surface area contributed by atoms with Gasteiger partial charge in [-0.2, -0.15) is 31.6 Å². The Labute approximate surface area is 281 Å². The summed E-state index contributed by atoms with van der Waals surface area (Å²) in [5.74, 6) is -1.23. The number of nitrogens with zero attached hydrogens (tertiary/aromatic N) is 2. The third kappa shape index (κ3) is 5.73. The van der Waals surface area contributed by atoms with Crippen molar-refractivity contribution in [3.05, 3.63) is 119 Å². The number of carbonyl (C=O) groups excluding carboxylic acids is 2. The van der Waals surface area contributed by atoms with Crippen LogP contribution in [-0.4, -0.2) is 50.5 Å². The minimum absolute atomic E-state index is 0.0734. The minimum Gasteiger partial charge on any atom is -0.448 e. The number of rotatable bonds is 6. The molecule has 1 heterocycles. The molecule has 0 bridgehead atoms. The van der Waals surface area contributed by atoms with Crippen molar-refractivity contribution in [1.82, 2.24) is 4.90 Å². The Morgan fingerprint density at radius 3 is 1.94 bits per heavy atom. The van der Waals surface area contributed by atoms with Crippen LogP contribution < -0.4 is 5.32 Å². The highest BCUT2D eigenvalue weighted by Crippen LogP contribution is 2.52. The molecule has 2 aliphatic rings. The quantitative estimate of drug-likeness (QED) is 0.208. The van der Waals surface area contributed by atoms with Crippen molar-refractivity contribution in [2.24, 2.45) is 0 Å². The zero-order valence-electron chi connectivity index (χ0n) is 25.8. The maximum absolute atomic E-state index is 13.7. The molecule has 0 spiro atoms. The molecule has 0 aromatic heterocycles. The van der Waals surface area contributed by atoms with Gasteiger partial charge in [-0.25, -0.2) is 13.2 Å². The monoisotopic (exact) mass is 713 g/mol. The average molecular weight is 714 g/mol. The zero-order chi connectivity index (χ0) is 36.2. The van der Waals surface area contributed by atoms with E-state index in [4.69, 9.17) is 10.00 Å². The molecule has 1 aliphatic heterocycles. The number of alkyl halides is 6. The molecule has 0 saturated heterocycles. The van der Waals surface area contributed by atoms with Gasteiger partial charge in [-0.1, -0.05) is 66.7 Å². The summed E-state index contributed by atoms with van der Waals surface area (Å²) in [5.41, 5.74) is -2.09. The lowest BCUT2D eigenvalue weighted by Gasteiger charge is -2.31. The average Bonchev–Trinajstić information content (AvgIpc) is 3.59. The van der Waals surface area contributed by atoms with Gasteiger partial charge in [0.05, 0.1) is 17.5 Å². The lowest BCUT2D eigenvalue weighted by molar-refractivity contribution is -0.283. The number of halogens is 6. The van der Waals surface area contributed by atoms with Gasteiger partial charge >= 0.3 is 18.4 Å². The summed E-state index contributed by atoms with van der Waals surface area (Å²) in [6.45, 7) is -0.350. The van der Waals surface area contributed by atoms with Gasteiger partial charge in [0.2, 0.25) is 0 Å². The van der Waals surface area contributed by atoms with Crippen LogP contribution in [0.2, 0.25) is 0 Å². The molecule has 15 heteroatoms. The summed E-state index contributed by atoms with van der Waals surface area (Å²) in [6, 6.07) is 20.5. The van der Waals surface area contributed by atoms with Crippen LogP contribution in [0.15, 0.2) is 95.9 Å². The first-order valence-corrected chi connectivity index (χ1v) is 16.8. The van der Waals surface area contributed by atoms with Crippen LogP contribution in [0, 0.1) is 11.3 Å². The van der Waals surface area contributed by atoms with Crippen LogP contribution in [0.25, 0.3) is 11.1 Å². The van der Waals surface area contributed by atoms with E-state index in [1.54, 1.807) is 0 Å². The minimum atomic E-state index is -6.01. The SMILES string of the molecule is CS(=O)(=O)c1ccc2c(c1)CN(C(=O)OCC1c3ccccc3-c3ccccc31)C2C(=O)Nc1ccc(C(C#N)(C(F)(F)F)C(F)(F)F)cc1. The summed E-state index contributed by atoms with van der Waals surface area (Å²) in [7, 11) is -3.68. The van der Waals surface area contributed by atoms with Gasteiger partial charge in [0.25, 0.3) is 11.3 Å². The Kier molecular flexibility index (Phi) is 8.42. The van der Waals surface area contributed by atoms with Crippen molar-refractivity contribution in [2.45, 2.75) is 41.2 Å². The van der Waals surface area contributed by atoms with Gasteiger partial charge in [0.15, 0.2) is 9.84 Å². The first-order chi connectivity index (χ1) is 23.5. The summed E-state index contributed by atoms with van der Waals surface area (Å²) in [6.07, 6.45) is -12.0. The van der Waals surface area contributed by atoms with E-state index < -0.39 is 51.2 Å². The second-order valence-electron chi connectivity index (χ2n) is 11.9. The number of hydrogen-bond acceptors (Lipinski definition) is 6. The summed E-state index contributed by atoms with van der Waals surface area (Å²) in [4.78, 5) is 28.4. The molecule has 1 N–H and O–H groups in total. The Bertz CT molecular complexity index is 2100. The lowest BCUT2D eigenvalue weighted by Crippen LogP contribution is -2.52. The fourth-order valence-electron chi connectivity index (χ4n) is 6.48. The van der Waals surface area contributed by atoms with Crippen LogP contribution in [0.1, 0.15) is 39.8 Å². The van der Waals surface area contributed by atoms with E-state index in [9.17, 15) is 44.3 Å². The van der Waals surface area contributed by atoms with Crippen molar-refractivity contribution >= 4 is 27.5 Å². The second-order valence-corrected chi connectivity index (χ2v) is 13.9. The fraction of sp³-hybridized carbons (Fsp3) is 0.229. The molecule has 8 nitrogen and oxygen atoms in total. The molecule has 0 fully saturated rings. The molecule has 0 radical (unpaired) electrons. The number of amides is 2. The van der Waals surface area contributed by atoms with Crippen molar-refractivity contribution < 1.29 is 49.1 Å². The summed E-state index contributed by atoms with van der Waals surface area (Å²) >= 11 is 0. The van der Waals surface area contributed by atoms with Crippen molar-refractivity contribution in [3.63, 3.8) is 0 Å². The van der Waals surface area contributed by atoms with E-state index >= 15 is 0 Å².